The number of halogens is 1. The zero-order valence-electron chi connectivity index (χ0n) is 10.4. The van der Waals surface area contributed by atoms with Gasteiger partial charge < -0.3 is 5.11 Å². The van der Waals surface area contributed by atoms with Crippen molar-refractivity contribution >= 4 is 39.4 Å². The van der Waals surface area contributed by atoms with Gasteiger partial charge in [0.1, 0.15) is 0 Å². The summed E-state index contributed by atoms with van der Waals surface area (Å²) in [5.74, 6) is -2.76. The molecule has 1 aliphatic heterocycles. The van der Waals surface area contributed by atoms with Crippen LogP contribution in [0.4, 0.5) is 0 Å². The van der Waals surface area contributed by atoms with Gasteiger partial charge in [-0.05, 0) is 18.2 Å². The molecule has 1 saturated heterocycles. The molecule has 0 atom stereocenters. The minimum atomic E-state index is -4.12. The first-order chi connectivity index (χ1) is 9.71. The minimum Gasteiger partial charge on any atom is -0.478 e. The van der Waals surface area contributed by atoms with E-state index < -0.39 is 40.9 Å². The van der Waals surface area contributed by atoms with Crippen LogP contribution in [0.2, 0.25) is 5.02 Å². The van der Waals surface area contributed by atoms with Crippen LogP contribution in [0.15, 0.2) is 23.1 Å². The standard InChI is InChI=1S/C11H9ClN2O6S/c12-8-3-6(1-2-7(8)11(17)18)21(19,20)14-4-9(15)13-10(16)5-14/h1-3H,4-5H2,(H,17,18)(H,13,15,16). The quantitative estimate of drug-likeness (QED) is 0.732. The largest absolute Gasteiger partial charge is 0.478 e. The molecule has 2 rings (SSSR count). The highest BCUT2D eigenvalue weighted by atomic mass is 35.5. The van der Waals surface area contributed by atoms with Crippen molar-refractivity contribution in [2.45, 2.75) is 4.90 Å². The zero-order valence-corrected chi connectivity index (χ0v) is 11.9. The van der Waals surface area contributed by atoms with Gasteiger partial charge in [-0.25, -0.2) is 13.2 Å². The molecule has 112 valence electrons. The first kappa shape index (κ1) is 15.4. The smallest absolute Gasteiger partial charge is 0.337 e. The summed E-state index contributed by atoms with van der Waals surface area (Å²) in [7, 11) is -4.12. The summed E-state index contributed by atoms with van der Waals surface area (Å²) in [5.41, 5.74) is -0.247. The molecular formula is C11H9ClN2O6S. The molecular weight excluding hydrogens is 324 g/mol. The van der Waals surface area contributed by atoms with Crippen molar-refractivity contribution in [3.05, 3.63) is 28.8 Å². The van der Waals surface area contributed by atoms with Gasteiger partial charge in [0.2, 0.25) is 21.8 Å². The van der Waals surface area contributed by atoms with E-state index in [4.69, 9.17) is 16.7 Å². The number of aromatic carboxylic acids is 1. The van der Waals surface area contributed by atoms with Crippen LogP contribution in [0.1, 0.15) is 10.4 Å². The van der Waals surface area contributed by atoms with Crippen molar-refractivity contribution in [1.29, 1.82) is 0 Å². The molecule has 0 bridgehead atoms. The first-order valence-corrected chi connectivity index (χ1v) is 7.39. The lowest BCUT2D eigenvalue weighted by Gasteiger charge is -2.24. The maximum absolute atomic E-state index is 12.3. The number of carboxylic acids is 1. The summed E-state index contributed by atoms with van der Waals surface area (Å²) in [5, 5.41) is 10.6. The van der Waals surface area contributed by atoms with Crippen LogP contribution in [0.3, 0.4) is 0 Å². The number of amides is 2. The Labute approximate surface area is 124 Å². The summed E-state index contributed by atoms with van der Waals surface area (Å²) >= 11 is 5.72. The van der Waals surface area contributed by atoms with E-state index in [1.165, 1.54) is 0 Å². The van der Waals surface area contributed by atoms with Crippen LogP contribution in [0.5, 0.6) is 0 Å². The van der Waals surface area contributed by atoms with E-state index in [1.54, 1.807) is 0 Å². The molecule has 10 heteroatoms. The van der Waals surface area contributed by atoms with E-state index in [2.05, 4.69) is 0 Å². The molecule has 0 radical (unpaired) electrons. The Morgan fingerprint density at radius 1 is 1.24 bits per heavy atom. The van der Waals surface area contributed by atoms with Gasteiger partial charge in [0.15, 0.2) is 0 Å². The second kappa shape index (κ2) is 5.43. The molecule has 2 N–H and O–H groups in total. The molecule has 1 aliphatic rings. The molecule has 0 spiro atoms. The van der Waals surface area contributed by atoms with Gasteiger partial charge in [-0.2, -0.15) is 4.31 Å². The third-order valence-electron chi connectivity index (χ3n) is 2.73. The number of hydrogen-bond donors (Lipinski definition) is 2. The fourth-order valence-corrected chi connectivity index (χ4v) is 3.46. The number of rotatable bonds is 3. The molecule has 0 unspecified atom stereocenters. The summed E-state index contributed by atoms with van der Waals surface area (Å²) in [6.07, 6.45) is 0. The summed E-state index contributed by atoms with van der Waals surface area (Å²) < 4.78 is 25.3. The predicted octanol–water partition coefficient (Wildman–Crippen LogP) is -0.315. The molecule has 1 aromatic rings. The fourth-order valence-electron chi connectivity index (χ4n) is 1.76. The number of benzene rings is 1. The number of carboxylic acid groups (broad SMARTS) is 1. The average molecular weight is 333 g/mol. The highest BCUT2D eigenvalue weighted by molar-refractivity contribution is 7.89. The SMILES string of the molecule is O=C1CN(S(=O)(=O)c2ccc(C(=O)O)c(Cl)c2)CC(=O)N1. The number of carbonyl (C=O) groups excluding carboxylic acids is 2. The number of sulfonamides is 1. The number of carbonyl (C=O) groups is 3. The number of nitrogens with one attached hydrogen (secondary N) is 1. The molecule has 1 heterocycles. The van der Waals surface area contributed by atoms with Gasteiger partial charge in [0, 0.05) is 0 Å². The van der Waals surface area contributed by atoms with E-state index >= 15 is 0 Å². The summed E-state index contributed by atoms with van der Waals surface area (Å²) in [4.78, 5) is 33.0. The van der Waals surface area contributed by atoms with Crippen molar-refractivity contribution in [2.24, 2.45) is 0 Å². The van der Waals surface area contributed by atoms with Crippen LogP contribution in [-0.4, -0.2) is 48.7 Å². The summed E-state index contributed by atoms with van der Waals surface area (Å²) in [6, 6.07) is 3.07. The molecule has 1 fully saturated rings. The van der Waals surface area contributed by atoms with Crippen molar-refractivity contribution in [3.8, 4) is 0 Å². The third kappa shape index (κ3) is 3.04. The van der Waals surface area contributed by atoms with Crippen LogP contribution in [-0.2, 0) is 19.6 Å². The number of hydrogen-bond acceptors (Lipinski definition) is 5. The summed E-state index contributed by atoms with van der Waals surface area (Å²) in [6.45, 7) is -0.987. The Hall–Kier alpha value is -1.97. The van der Waals surface area contributed by atoms with E-state index in [9.17, 15) is 22.8 Å². The molecule has 0 aliphatic carbocycles. The zero-order chi connectivity index (χ0) is 15.8. The topological polar surface area (TPSA) is 121 Å². The number of nitrogens with zero attached hydrogens (tertiary/aromatic N) is 1. The fraction of sp³-hybridized carbons (Fsp3) is 0.182. The highest BCUT2D eigenvalue weighted by Crippen LogP contribution is 2.23. The maximum atomic E-state index is 12.3. The minimum absolute atomic E-state index is 0.247. The van der Waals surface area contributed by atoms with Crippen LogP contribution in [0.25, 0.3) is 0 Å². The maximum Gasteiger partial charge on any atom is 0.337 e. The Morgan fingerprint density at radius 2 is 1.81 bits per heavy atom. The number of imide groups is 1. The Balaban J connectivity index is 2.40. The van der Waals surface area contributed by atoms with Crippen molar-refractivity contribution < 1.29 is 27.9 Å². The number of piperazine rings is 1. The van der Waals surface area contributed by atoms with E-state index in [1.807, 2.05) is 5.32 Å². The second-order valence-corrected chi connectivity index (χ2v) is 6.54. The second-order valence-electron chi connectivity index (χ2n) is 4.19. The monoisotopic (exact) mass is 332 g/mol. The van der Waals surface area contributed by atoms with Gasteiger partial charge in [-0.1, -0.05) is 11.6 Å². The van der Waals surface area contributed by atoms with Gasteiger partial charge in [-0.15, -0.1) is 0 Å². The third-order valence-corrected chi connectivity index (χ3v) is 4.83. The van der Waals surface area contributed by atoms with E-state index in [0.717, 1.165) is 18.2 Å². The molecule has 0 aromatic heterocycles. The molecule has 2 amide bonds. The lowest BCUT2D eigenvalue weighted by atomic mass is 10.2. The van der Waals surface area contributed by atoms with E-state index in [-0.39, 0.29) is 15.5 Å². The van der Waals surface area contributed by atoms with Gasteiger partial charge in [0.25, 0.3) is 0 Å². The van der Waals surface area contributed by atoms with Crippen LogP contribution < -0.4 is 5.32 Å². The first-order valence-electron chi connectivity index (χ1n) is 5.57. The van der Waals surface area contributed by atoms with E-state index in [0.29, 0.717) is 4.31 Å². The lowest BCUT2D eigenvalue weighted by molar-refractivity contribution is -0.134. The van der Waals surface area contributed by atoms with Crippen LogP contribution in [0, 0.1) is 0 Å². The predicted molar refractivity (Wildman–Crippen MR) is 70.3 cm³/mol. The Bertz CT molecular complexity index is 729. The Morgan fingerprint density at radius 3 is 2.29 bits per heavy atom. The molecule has 1 aromatic carbocycles. The van der Waals surface area contributed by atoms with Crippen molar-refractivity contribution in [3.63, 3.8) is 0 Å². The lowest BCUT2D eigenvalue weighted by Crippen LogP contribution is -2.53. The Kier molecular flexibility index (Phi) is 3.99. The molecule has 8 nitrogen and oxygen atoms in total. The van der Waals surface area contributed by atoms with Crippen LogP contribution >= 0.6 is 11.6 Å². The van der Waals surface area contributed by atoms with Crippen molar-refractivity contribution in [2.75, 3.05) is 13.1 Å². The van der Waals surface area contributed by atoms with Gasteiger partial charge in [-0.3, -0.25) is 14.9 Å². The van der Waals surface area contributed by atoms with Gasteiger partial charge in [0.05, 0.1) is 28.6 Å². The highest BCUT2D eigenvalue weighted by Gasteiger charge is 2.33. The van der Waals surface area contributed by atoms with Crippen molar-refractivity contribution in [1.82, 2.24) is 9.62 Å². The average Bonchev–Trinajstić information content (AvgIpc) is 2.36. The molecule has 21 heavy (non-hydrogen) atoms. The van der Waals surface area contributed by atoms with Gasteiger partial charge >= 0.3 is 5.97 Å². The normalized spacial score (nSPS) is 16.6. The molecule has 0 saturated carbocycles.